The Kier molecular flexibility index (Phi) is 6.53. The zero-order valence-corrected chi connectivity index (χ0v) is 18.7. The van der Waals surface area contributed by atoms with Crippen molar-refractivity contribution in [3.63, 3.8) is 0 Å². The smallest absolute Gasteiger partial charge is 0.338 e. The van der Waals surface area contributed by atoms with E-state index < -0.39 is 17.9 Å². The molecule has 0 saturated heterocycles. The Balaban J connectivity index is 1.68. The number of anilines is 2. The van der Waals surface area contributed by atoms with Crippen LogP contribution in [0.2, 0.25) is 5.02 Å². The Hall–Kier alpha value is -3.55. The van der Waals surface area contributed by atoms with Crippen LogP contribution in [-0.4, -0.2) is 24.8 Å². The molecule has 4 rings (SSSR count). The molecule has 0 fully saturated rings. The van der Waals surface area contributed by atoms with Crippen LogP contribution < -0.4 is 14.4 Å². The summed E-state index contributed by atoms with van der Waals surface area (Å²) < 4.78 is 30.2. The summed E-state index contributed by atoms with van der Waals surface area (Å²) in [4.78, 5) is 14.1. The van der Waals surface area contributed by atoms with Gasteiger partial charge >= 0.3 is 5.97 Å². The monoisotopic (exact) mass is 469 g/mol. The van der Waals surface area contributed by atoms with Gasteiger partial charge in [0.2, 0.25) is 0 Å². The van der Waals surface area contributed by atoms with Crippen LogP contribution in [0.1, 0.15) is 18.6 Å². The Bertz CT molecular complexity index is 1190. The molecule has 0 bridgehead atoms. The van der Waals surface area contributed by atoms with Gasteiger partial charge in [-0.15, -0.1) is 0 Å². The molecule has 170 valence electrons. The molecule has 1 aliphatic rings. The van der Waals surface area contributed by atoms with Gasteiger partial charge in [-0.3, -0.25) is 0 Å². The molecule has 1 N–H and O–H groups in total. The molecule has 0 spiro atoms. The van der Waals surface area contributed by atoms with Crippen LogP contribution in [0.3, 0.4) is 0 Å². The van der Waals surface area contributed by atoms with E-state index in [0.29, 0.717) is 22.9 Å². The first kappa shape index (κ1) is 22.6. The molecule has 1 aliphatic heterocycles. The van der Waals surface area contributed by atoms with Crippen molar-refractivity contribution in [3.8, 4) is 17.2 Å². The van der Waals surface area contributed by atoms with Crippen LogP contribution in [0.5, 0.6) is 17.2 Å². The van der Waals surface area contributed by atoms with Crippen LogP contribution >= 0.6 is 11.6 Å². The van der Waals surface area contributed by atoms with Gasteiger partial charge in [0.1, 0.15) is 29.2 Å². The summed E-state index contributed by atoms with van der Waals surface area (Å²) in [7, 11) is 1.59. The molecule has 6 nitrogen and oxygen atoms in total. The van der Waals surface area contributed by atoms with Crippen molar-refractivity contribution < 1.29 is 28.5 Å². The van der Waals surface area contributed by atoms with Gasteiger partial charge in [0.25, 0.3) is 0 Å². The maximum Gasteiger partial charge on any atom is 0.338 e. The molecule has 0 saturated carbocycles. The maximum atomic E-state index is 14.2. The molecular formula is C25H21ClFNO5. The molecule has 0 amide bonds. The van der Waals surface area contributed by atoms with Crippen LogP contribution in [0, 0.1) is 5.82 Å². The number of fused-ring (bicyclic) bond motifs is 1. The average Bonchev–Trinajstić information content (AvgIpc) is 2.82. The largest absolute Gasteiger partial charge is 0.497 e. The highest BCUT2D eigenvalue weighted by Crippen LogP contribution is 2.43. The van der Waals surface area contributed by atoms with Gasteiger partial charge in [-0.1, -0.05) is 11.6 Å². The predicted molar refractivity (Wildman–Crippen MR) is 123 cm³/mol. The summed E-state index contributed by atoms with van der Waals surface area (Å²) >= 11 is 6.01. The number of hydrogen-bond donors (Lipinski definition) is 1. The van der Waals surface area contributed by atoms with Crippen molar-refractivity contribution in [2.24, 2.45) is 0 Å². The minimum Gasteiger partial charge on any atom is -0.497 e. The highest BCUT2D eigenvalue weighted by atomic mass is 35.5. The summed E-state index contributed by atoms with van der Waals surface area (Å²) in [6, 6.07) is 16.8. The summed E-state index contributed by atoms with van der Waals surface area (Å²) in [5.74, 6) is 0.579. The average molecular weight is 470 g/mol. The fraction of sp³-hybridized carbons (Fsp3) is 0.160. The predicted octanol–water partition coefficient (Wildman–Crippen LogP) is 5.91. The van der Waals surface area contributed by atoms with Gasteiger partial charge in [-0.05, 0) is 67.6 Å². The van der Waals surface area contributed by atoms with Crippen LogP contribution in [0.25, 0.3) is 0 Å². The number of rotatable bonds is 6. The minimum atomic E-state index is -1.35. The van der Waals surface area contributed by atoms with E-state index in [1.165, 1.54) is 12.3 Å². The second kappa shape index (κ2) is 9.52. The first-order valence-electron chi connectivity index (χ1n) is 10.2. The highest BCUT2D eigenvalue weighted by Gasteiger charge is 2.32. The summed E-state index contributed by atoms with van der Waals surface area (Å²) in [6.07, 6.45) is 0.123. The fourth-order valence-corrected chi connectivity index (χ4v) is 3.63. The Morgan fingerprint density at radius 2 is 1.67 bits per heavy atom. The SMILES string of the molecule is CCOC(=O)C1=CN(c2ccc(Oc3ccc(OC)cc3)cc2)c2cc(Cl)c(F)cc2C1O. The van der Waals surface area contributed by atoms with Gasteiger partial charge in [0.05, 0.1) is 30.0 Å². The standard InChI is InChI=1S/C25H21ClFNO5/c1-3-32-25(30)20-14-28(23-13-21(26)22(27)12-19(23)24(20)29)15-4-6-17(7-5-15)33-18-10-8-16(31-2)9-11-18/h4-14,24,29H,3H2,1-2H3. The van der Waals surface area contributed by atoms with E-state index in [2.05, 4.69) is 0 Å². The second-order valence-corrected chi connectivity index (χ2v) is 7.58. The number of esters is 1. The van der Waals surface area contributed by atoms with Crippen molar-refractivity contribution in [2.45, 2.75) is 13.0 Å². The number of methoxy groups -OCH3 is 1. The summed E-state index contributed by atoms with van der Waals surface area (Å²) in [5.41, 5.74) is 1.30. The van der Waals surface area contributed by atoms with Crippen molar-refractivity contribution in [3.05, 3.63) is 88.8 Å². The van der Waals surface area contributed by atoms with E-state index >= 15 is 0 Å². The van der Waals surface area contributed by atoms with Crippen molar-refractivity contribution in [1.82, 2.24) is 0 Å². The molecule has 1 heterocycles. The fourth-order valence-electron chi connectivity index (χ4n) is 3.47. The van der Waals surface area contributed by atoms with Gasteiger partial charge in [-0.2, -0.15) is 0 Å². The third kappa shape index (κ3) is 4.65. The Morgan fingerprint density at radius 3 is 2.27 bits per heavy atom. The Morgan fingerprint density at radius 1 is 1.06 bits per heavy atom. The van der Waals surface area contributed by atoms with E-state index in [0.717, 1.165) is 11.8 Å². The van der Waals surface area contributed by atoms with Crippen LogP contribution in [0.4, 0.5) is 15.8 Å². The lowest BCUT2D eigenvalue weighted by Crippen LogP contribution is -2.25. The number of halogens is 2. The van der Waals surface area contributed by atoms with Gasteiger partial charge in [0, 0.05) is 17.5 Å². The summed E-state index contributed by atoms with van der Waals surface area (Å²) in [5, 5.41) is 10.6. The number of aliphatic hydroxyl groups excluding tert-OH is 1. The zero-order chi connectivity index (χ0) is 23.5. The number of nitrogens with zero attached hydrogens (tertiary/aromatic N) is 1. The maximum absolute atomic E-state index is 14.2. The molecule has 1 atom stereocenters. The molecule has 33 heavy (non-hydrogen) atoms. The molecule has 3 aromatic carbocycles. The summed E-state index contributed by atoms with van der Waals surface area (Å²) in [6.45, 7) is 1.81. The normalized spacial score (nSPS) is 14.9. The van der Waals surface area contributed by atoms with Crippen molar-refractivity contribution in [1.29, 1.82) is 0 Å². The van der Waals surface area contributed by atoms with Gasteiger partial charge in [0.15, 0.2) is 0 Å². The lowest BCUT2D eigenvalue weighted by molar-refractivity contribution is -0.139. The lowest BCUT2D eigenvalue weighted by atomic mass is 9.95. The van der Waals surface area contributed by atoms with Crippen molar-refractivity contribution >= 4 is 28.9 Å². The Labute approximate surface area is 195 Å². The van der Waals surface area contributed by atoms with E-state index in [9.17, 15) is 14.3 Å². The zero-order valence-electron chi connectivity index (χ0n) is 17.9. The van der Waals surface area contributed by atoms with E-state index in [-0.39, 0.29) is 22.8 Å². The third-order valence-corrected chi connectivity index (χ3v) is 5.40. The molecule has 0 aliphatic carbocycles. The van der Waals surface area contributed by atoms with Crippen LogP contribution in [-0.2, 0) is 9.53 Å². The van der Waals surface area contributed by atoms with Crippen LogP contribution in [0.15, 0.2) is 72.4 Å². The molecular weight excluding hydrogens is 449 g/mol. The van der Waals surface area contributed by atoms with E-state index in [1.807, 2.05) is 0 Å². The highest BCUT2D eigenvalue weighted by molar-refractivity contribution is 6.31. The lowest BCUT2D eigenvalue weighted by Gasteiger charge is -2.32. The van der Waals surface area contributed by atoms with E-state index in [1.54, 1.807) is 67.5 Å². The molecule has 1 unspecified atom stereocenters. The topological polar surface area (TPSA) is 68.2 Å². The molecule has 0 aromatic heterocycles. The van der Waals surface area contributed by atoms with Crippen molar-refractivity contribution in [2.75, 3.05) is 18.6 Å². The van der Waals surface area contributed by atoms with E-state index in [4.69, 9.17) is 25.8 Å². The number of ether oxygens (including phenoxy) is 3. The van der Waals surface area contributed by atoms with Gasteiger partial charge in [-0.25, -0.2) is 9.18 Å². The number of benzene rings is 3. The third-order valence-electron chi connectivity index (χ3n) is 5.11. The molecule has 8 heteroatoms. The molecule has 0 radical (unpaired) electrons. The first-order valence-corrected chi connectivity index (χ1v) is 10.6. The minimum absolute atomic E-state index is 0.00960. The first-order chi connectivity index (χ1) is 15.9. The number of hydrogen-bond acceptors (Lipinski definition) is 6. The second-order valence-electron chi connectivity index (χ2n) is 7.17. The number of carbonyl (C=O) groups is 1. The number of aliphatic hydroxyl groups is 1. The van der Waals surface area contributed by atoms with Gasteiger partial charge < -0.3 is 24.2 Å². The molecule has 3 aromatic rings. The number of carbonyl (C=O) groups excluding carboxylic acids is 1. The quantitative estimate of drug-likeness (QED) is 0.452.